The van der Waals surface area contributed by atoms with Gasteiger partial charge in [-0.3, -0.25) is 25.2 Å². The van der Waals surface area contributed by atoms with Crippen molar-refractivity contribution in [2.75, 3.05) is 18.6 Å². The second-order valence-corrected chi connectivity index (χ2v) is 3.12. The maximum absolute atomic E-state index is 10.6. The van der Waals surface area contributed by atoms with Crippen LogP contribution < -0.4 is 10.6 Å². The van der Waals surface area contributed by atoms with E-state index in [1.54, 1.807) is 11.8 Å². The zero-order valence-corrected chi connectivity index (χ0v) is 7.40. The predicted molar refractivity (Wildman–Crippen MR) is 47.0 cm³/mol. The number of thioether (sulfide) groups is 1. The van der Waals surface area contributed by atoms with Crippen molar-refractivity contribution >= 4 is 29.5 Å². The van der Waals surface area contributed by atoms with Crippen molar-refractivity contribution in [2.24, 2.45) is 4.99 Å². The van der Waals surface area contributed by atoms with Gasteiger partial charge in [0.05, 0.1) is 6.54 Å². The van der Waals surface area contributed by atoms with Gasteiger partial charge in [-0.15, -0.1) is 0 Å². The fourth-order valence-corrected chi connectivity index (χ4v) is 0.962. The van der Waals surface area contributed by atoms with E-state index in [-0.39, 0.29) is 5.96 Å². The van der Waals surface area contributed by atoms with Crippen molar-refractivity contribution < 1.29 is 9.59 Å². The Labute approximate surface area is 74.0 Å². The zero-order chi connectivity index (χ0) is 8.97. The molecular weight excluding hydrogens is 178 g/mol. The van der Waals surface area contributed by atoms with Gasteiger partial charge < -0.3 is 0 Å². The third-order valence-corrected chi connectivity index (χ3v) is 1.83. The highest BCUT2D eigenvalue weighted by Gasteiger charge is 2.24. The maximum atomic E-state index is 10.6. The largest absolute Gasteiger partial charge is 0.316 e. The highest BCUT2D eigenvalue weighted by molar-refractivity contribution is 7.98. The van der Waals surface area contributed by atoms with Crippen LogP contribution in [0, 0.1) is 0 Å². The SMILES string of the molecule is CSCCN=C1NC(=O)C(=O)N1. The van der Waals surface area contributed by atoms with E-state index in [2.05, 4.69) is 15.6 Å². The van der Waals surface area contributed by atoms with Crippen molar-refractivity contribution in [3.05, 3.63) is 0 Å². The molecule has 1 saturated heterocycles. The number of carbonyl (C=O) groups excluding carboxylic acids is 2. The summed E-state index contributed by atoms with van der Waals surface area (Å²) in [5.41, 5.74) is 0. The second-order valence-electron chi connectivity index (χ2n) is 2.13. The van der Waals surface area contributed by atoms with Crippen LogP contribution in [0.3, 0.4) is 0 Å². The molecule has 0 radical (unpaired) electrons. The van der Waals surface area contributed by atoms with E-state index in [4.69, 9.17) is 0 Å². The highest BCUT2D eigenvalue weighted by atomic mass is 32.2. The van der Waals surface area contributed by atoms with E-state index in [0.717, 1.165) is 5.75 Å². The zero-order valence-electron chi connectivity index (χ0n) is 6.59. The lowest BCUT2D eigenvalue weighted by atomic mass is 10.6. The van der Waals surface area contributed by atoms with E-state index >= 15 is 0 Å². The highest BCUT2D eigenvalue weighted by Crippen LogP contribution is 1.91. The molecule has 1 fully saturated rings. The van der Waals surface area contributed by atoms with Crippen LogP contribution in [0.15, 0.2) is 4.99 Å². The number of amides is 2. The van der Waals surface area contributed by atoms with Gasteiger partial charge in [0.15, 0.2) is 0 Å². The van der Waals surface area contributed by atoms with Gasteiger partial charge >= 0.3 is 11.8 Å². The molecule has 0 aromatic heterocycles. The number of nitrogens with zero attached hydrogens (tertiary/aromatic N) is 1. The first kappa shape index (κ1) is 9.05. The minimum Gasteiger partial charge on any atom is -0.288 e. The van der Waals surface area contributed by atoms with Crippen LogP contribution in [-0.2, 0) is 9.59 Å². The van der Waals surface area contributed by atoms with E-state index in [0.29, 0.717) is 6.54 Å². The molecule has 5 nitrogen and oxygen atoms in total. The number of hydrogen-bond donors (Lipinski definition) is 2. The summed E-state index contributed by atoms with van der Waals surface area (Å²) in [4.78, 5) is 25.2. The van der Waals surface area contributed by atoms with Gasteiger partial charge in [-0.2, -0.15) is 11.8 Å². The Morgan fingerprint density at radius 1 is 1.33 bits per heavy atom. The summed E-state index contributed by atoms with van der Waals surface area (Å²) in [6.07, 6.45) is 1.96. The molecule has 1 heterocycles. The lowest BCUT2D eigenvalue weighted by Crippen LogP contribution is -2.26. The monoisotopic (exact) mass is 187 g/mol. The average Bonchev–Trinajstić information content (AvgIpc) is 2.32. The van der Waals surface area contributed by atoms with Gasteiger partial charge in [0, 0.05) is 5.75 Å². The molecular formula is C6H9N3O2S. The van der Waals surface area contributed by atoms with Crippen LogP contribution >= 0.6 is 11.8 Å². The average molecular weight is 187 g/mol. The molecule has 0 atom stereocenters. The van der Waals surface area contributed by atoms with Crippen molar-refractivity contribution in [2.45, 2.75) is 0 Å². The van der Waals surface area contributed by atoms with Gasteiger partial charge in [0.25, 0.3) is 0 Å². The summed E-state index contributed by atoms with van der Waals surface area (Å²) in [6, 6.07) is 0. The molecule has 12 heavy (non-hydrogen) atoms. The molecule has 0 spiro atoms. The number of hydrogen-bond acceptors (Lipinski definition) is 4. The lowest BCUT2D eigenvalue weighted by Gasteiger charge is -1.94. The second kappa shape index (κ2) is 4.10. The number of nitrogens with one attached hydrogen (secondary N) is 2. The minimum atomic E-state index is -0.641. The van der Waals surface area contributed by atoms with Crippen LogP contribution in [0.25, 0.3) is 0 Å². The summed E-state index contributed by atoms with van der Waals surface area (Å²) in [5.74, 6) is -0.148. The summed E-state index contributed by atoms with van der Waals surface area (Å²) < 4.78 is 0. The molecule has 1 aliphatic heterocycles. The molecule has 0 unspecified atom stereocenters. The first-order valence-corrected chi connectivity index (χ1v) is 4.79. The van der Waals surface area contributed by atoms with Crippen LogP contribution in [0.5, 0.6) is 0 Å². The van der Waals surface area contributed by atoms with Gasteiger partial charge in [-0.05, 0) is 6.26 Å². The molecule has 2 N–H and O–H groups in total. The molecule has 66 valence electrons. The summed E-state index contributed by atoms with van der Waals surface area (Å²) in [7, 11) is 0. The Morgan fingerprint density at radius 2 is 1.92 bits per heavy atom. The Bertz CT molecular complexity index is 221. The van der Waals surface area contributed by atoms with Crippen molar-refractivity contribution in [3.63, 3.8) is 0 Å². The number of carbonyl (C=O) groups is 2. The van der Waals surface area contributed by atoms with E-state index in [1.165, 1.54) is 0 Å². The van der Waals surface area contributed by atoms with Crippen LogP contribution in [0.2, 0.25) is 0 Å². The summed E-state index contributed by atoms with van der Waals surface area (Å²) >= 11 is 1.65. The van der Waals surface area contributed by atoms with Crippen LogP contribution in [-0.4, -0.2) is 36.3 Å². The van der Waals surface area contributed by atoms with E-state index < -0.39 is 11.8 Å². The van der Waals surface area contributed by atoms with E-state index in [1.807, 2.05) is 6.26 Å². The number of aliphatic imine (C=N–C) groups is 1. The van der Waals surface area contributed by atoms with Crippen molar-refractivity contribution in [1.82, 2.24) is 10.6 Å². The lowest BCUT2D eigenvalue weighted by molar-refractivity contribution is -0.135. The first-order valence-electron chi connectivity index (χ1n) is 3.40. The molecule has 0 aromatic rings. The smallest absolute Gasteiger partial charge is 0.288 e. The Hall–Kier alpha value is -1.04. The quantitative estimate of drug-likeness (QED) is 0.437. The van der Waals surface area contributed by atoms with Gasteiger partial charge in [0.2, 0.25) is 5.96 Å². The summed E-state index contributed by atoms with van der Waals surface area (Å²) in [5, 5.41) is 4.61. The minimum absolute atomic E-state index is 0.263. The molecule has 1 aliphatic rings. The standard InChI is InChI=1S/C6H9N3O2S/c1-12-3-2-7-6-8-4(10)5(11)9-6/h2-3H2,1H3,(H2,7,8,9,10,11). The van der Waals surface area contributed by atoms with Gasteiger partial charge in [-0.25, -0.2) is 0 Å². The molecule has 0 bridgehead atoms. The molecule has 0 aromatic carbocycles. The number of rotatable bonds is 3. The van der Waals surface area contributed by atoms with Gasteiger partial charge in [0.1, 0.15) is 0 Å². The molecule has 6 heteroatoms. The third kappa shape index (κ3) is 2.23. The van der Waals surface area contributed by atoms with Crippen LogP contribution in [0.4, 0.5) is 0 Å². The Kier molecular flexibility index (Phi) is 3.09. The topological polar surface area (TPSA) is 70.6 Å². The Balaban J connectivity index is 2.40. The molecule has 0 saturated carbocycles. The normalized spacial score (nSPS) is 15.9. The predicted octanol–water partition coefficient (Wildman–Crippen LogP) is -1.05. The fourth-order valence-electron chi connectivity index (χ4n) is 0.688. The first-order chi connectivity index (χ1) is 5.74. The van der Waals surface area contributed by atoms with Crippen molar-refractivity contribution in [3.8, 4) is 0 Å². The molecule has 2 amide bonds. The molecule has 0 aliphatic carbocycles. The van der Waals surface area contributed by atoms with Crippen LogP contribution in [0.1, 0.15) is 0 Å². The fraction of sp³-hybridized carbons (Fsp3) is 0.500. The van der Waals surface area contributed by atoms with Crippen molar-refractivity contribution in [1.29, 1.82) is 0 Å². The third-order valence-electron chi connectivity index (χ3n) is 1.24. The molecule has 1 rings (SSSR count). The number of guanidine groups is 1. The summed E-state index contributed by atoms with van der Waals surface area (Å²) in [6.45, 7) is 0.594. The Morgan fingerprint density at radius 3 is 2.42 bits per heavy atom. The maximum Gasteiger partial charge on any atom is 0.316 e. The van der Waals surface area contributed by atoms with E-state index in [9.17, 15) is 9.59 Å². The van der Waals surface area contributed by atoms with Gasteiger partial charge in [-0.1, -0.05) is 0 Å².